The third-order valence-corrected chi connectivity index (χ3v) is 3.58. The highest BCUT2D eigenvalue weighted by Gasteiger charge is 2.32. The zero-order chi connectivity index (χ0) is 13.2. The number of aliphatic hydroxyl groups is 1. The van der Waals surface area contributed by atoms with Crippen molar-refractivity contribution in [1.29, 1.82) is 0 Å². The number of ether oxygens (including phenoxy) is 1. The molecule has 1 aliphatic rings. The molecule has 1 aromatic rings. The third-order valence-electron chi connectivity index (χ3n) is 3.25. The molecule has 0 bridgehead atoms. The van der Waals surface area contributed by atoms with Crippen LogP contribution in [0.25, 0.3) is 0 Å². The minimum atomic E-state index is -0.805. The van der Waals surface area contributed by atoms with Crippen molar-refractivity contribution in [2.24, 2.45) is 0 Å². The van der Waals surface area contributed by atoms with Crippen LogP contribution in [0.5, 0.6) is 0 Å². The predicted octanol–water partition coefficient (Wildman–Crippen LogP) is 2.28. The van der Waals surface area contributed by atoms with Gasteiger partial charge in [-0.2, -0.15) is 0 Å². The summed E-state index contributed by atoms with van der Waals surface area (Å²) >= 11 is 5.99. The molecule has 2 rings (SSSR count). The van der Waals surface area contributed by atoms with Gasteiger partial charge in [-0.05, 0) is 24.6 Å². The van der Waals surface area contributed by atoms with Crippen molar-refractivity contribution in [3.63, 3.8) is 0 Å². The van der Waals surface area contributed by atoms with Gasteiger partial charge in [-0.15, -0.1) is 0 Å². The van der Waals surface area contributed by atoms with Crippen molar-refractivity contribution < 1.29 is 14.2 Å². The lowest BCUT2D eigenvalue weighted by atomic mass is 10.0. The average molecular weight is 274 g/mol. The van der Waals surface area contributed by atoms with Crippen LogP contribution in [-0.2, 0) is 4.74 Å². The molecular weight excluding hydrogens is 257 g/mol. The zero-order valence-corrected chi connectivity index (χ0v) is 11.0. The molecule has 0 aliphatic carbocycles. The van der Waals surface area contributed by atoms with Gasteiger partial charge in [0, 0.05) is 30.6 Å². The second-order valence-corrected chi connectivity index (χ2v) is 5.20. The summed E-state index contributed by atoms with van der Waals surface area (Å²) in [5.74, 6) is -0.348. The molecule has 100 valence electrons. The van der Waals surface area contributed by atoms with Crippen LogP contribution in [0.2, 0.25) is 5.02 Å². The van der Waals surface area contributed by atoms with E-state index in [9.17, 15) is 9.50 Å². The van der Waals surface area contributed by atoms with Crippen molar-refractivity contribution in [1.82, 2.24) is 5.32 Å². The molecule has 0 saturated carbocycles. The molecule has 0 radical (unpaired) electrons. The van der Waals surface area contributed by atoms with E-state index >= 15 is 0 Å². The highest BCUT2D eigenvalue weighted by atomic mass is 35.5. The van der Waals surface area contributed by atoms with Gasteiger partial charge in [-0.1, -0.05) is 17.7 Å². The zero-order valence-electron chi connectivity index (χ0n) is 10.2. The first kappa shape index (κ1) is 13.7. The lowest BCUT2D eigenvalue weighted by Gasteiger charge is -2.24. The average Bonchev–Trinajstić information content (AvgIpc) is 2.74. The fourth-order valence-electron chi connectivity index (χ4n) is 2.04. The summed E-state index contributed by atoms with van der Waals surface area (Å²) < 4.78 is 18.1. The molecule has 2 N–H and O–H groups in total. The molecule has 2 atom stereocenters. The van der Waals surface area contributed by atoms with E-state index in [1.807, 2.05) is 6.92 Å². The van der Waals surface area contributed by atoms with Crippen LogP contribution >= 0.6 is 11.6 Å². The Balaban J connectivity index is 1.97. The number of hydrogen-bond donors (Lipinski definition) is 2. The van der Waals surface area contributed by atoms with Crippen molar-refractivity contribution in [3.8, 4) is 0 Å². The standard InChI is InChI=1S/C13H17ClFNO2/c1-9(11-3-2-10(15)6-12(11)14)16-7-13(17)4-5-18-8-13/h2-3,6,9,16-17H,4-5,7-8H2,1H3. The maximum atomic E-state index is 12.9. The topological polar surface area (TPSA) is 41.5 Å². The molecule has 3 nitrogen and oxygen atoms in total. The number of benzene rings is 1. The SMILES string of the molecule is CC(NCC1(O)CCOC1)c1ccc(F)cc1Cl. The van der Waals surface area contributed by atoms with Gasteiger partial charge < -0.3 is 15.2 Å². The molecular formula is C13H17ClFNO2. The molecule has 1 fully saturated rings. The van der Waals surface area contributed by atoms with E-state index in [-0.39, 0.29) is 11.9 Å². The maximum Gasteiger partial charge on any atom is 0.124 e. The van der Waals surface area contributed by atoms with E-state index < -0.39 is 5.60 Å². The van der Waals surface area contributed by atoms with Gasteiger partial charge in [0.05, 0.1) is 6.61 Å². The normalized spacial score (nSPS) is 25.3. The Morgan fingerprint density at radius 3 is 3.00 bits per heavy atom. The Hall–Kier alpha value is -0.680. The Kier molecular flexibility index (Phi) is 4.22. The summed E-state index contributed by atoms with van der Waals surface area (Å²) in [5, 5.41) is 13.7. The van der Waals surface area contributed by atoms with Crippen LogP contribution < -0.4 is 5.32 Å². The summed E-state index contributed by atoms with van der Waals surface area (Å²) in [6, 6.07) is 4.28. The maximum absolute atomic E-state index is 12.9. The second-order valence-electron chi connectivity index (χ2n) is 4.80. The van der Waals surface area contributed by atoms with Crippen LogP contribution in [0.1, 0.15) is 24.9 Å². The molecule has 1 saturated heterocycles. The molecule has 1 aromatic carbocycles. The Bertz CT molecular complexity index is 421. The van der Waals surface area contributed by atoms with Crippen molar-refractivity contribution in [2.45, 2.75) is 25.0 Å². The second kappa shape index (κ2) is 5.53. The fraction of sp³-hybridized carbons (Fsp3) is 0.538. The summed E-state index contributed by atoms with van der Waals surface area (Å²) in [4.78, 5) is 0. The Labute approximate surface area is 111 Å². The van der Waals surface area contributed by atoms with E-state index in [4.69, 9.17) is 16.3 Å². The van der Waals surface area contributed by atoms with E-state index in [0.29, 0.717) is 31.2 Å². The monoisotopic (exact) mass is 273 g/mol. The Morgan fingerprint density at radius 2 is 2.39 bits per heavy atom. The highest BCUT2D eigenvalue weighted by molar-refractivity contribution is 6.31. The van der Waals surface area contributed by atoms with Crippen LogP contribution in [-0.4, -0.2) is 30.5 Å². The van der Waals surface area contributed by atoms with Gasteiger partial charge in [-0.25, -0.2) is 4.39 Å². The lowest BCUT2D eigenvalue weighted by Crippen LogP contribution is -2.41. The predicted molar refractivity (Wildman–Crippen MR) is 68.2 cm³/mol. The number of nitrogens with one attached hydrogen (secondary N) is 1. The number of rotatable bonds is 4. The van der Waals surface area contributed by atoms with E-state index in [0.717, 1.165) is 5.56 Å². The van der Waals surface area contributed by atoms with E-state index in [1.54, 1.807) is 6.07 Å². The lowest BCUT2D eigenvalue weighted by molar-refractivity contribution is 0.0252. The van der Waals surface area contributed by atoms with Crippen molar-refractivity contribution in [2.75, 3.05) is 19.8 Å². The third kappa shape index (κ3) is 3.20. The first-order valence-corrected chi connectivity index (χ1v) is 6.36. The molecule has 18 heavy (non-hydrogen) atoms. The smallest absolute Gasteiger partial charge is 0.124 e. The minimum Gasteiger partial charge on any atom is -0.386 e. The van der Waals surface area contributed by atoms with Gasteiger partial charge in [0.25, 0.3) is 0 Å². The van der Waals surface area contributed by atoms with Crippen molar-refractivity contribution in [3.05, 3.63) is 34.6 Å². The fourth-order valence-corrected chi connectivity index (χ4v) is 2.37. The van der Waals surface area contributed by atoms with E-state index in [2.05, 4.69) is 5.32 Å². The summed E-state index contributed by atoms with van der Waals surface area (Å²) in [6.07, 6.45) is 0.629. The minimum absolute atomic E-state index is 0.0530. The summed E-state index contributed by atoms with van der Waals surface area (Å²) in [7, 11) is 0. The first-order chi connectivity index (χ1) is 8.50. The summed E-state index contributed by atoms with van der Waals surface area (Å²) in [5.41, 5.74) is 0.0152. The van der Waals surface area contributed by atoms with Gasteiger partial charge in [0.15, 0.2) is 0 Å². The van der Waals surface area contributed by atoms with Gasteiger partial charge in [0.1, 0.15) is 11.4 Å². The van der Waals surface area contributed by atoms with Crippen LogP contribution in [0.15, 0.2) is 18.2 Å². The first-order valence-electron chi connectivity index (χ1n) is 5.99. The van der Waals surface area contributed by atoms with Gasteiger partial charge in [0.2, 0.25) is 0 Å². The van der Waals surface area contributed by atoms with Crippen molar-refractivity contribution >= 4 is 11.6 Å². The largest absolute Gasteiger partial charge is 0.386 e. The quantitative estimate of drug-likeness (QED) is 0.884. The molecule has 1 aliphatic heterocycles. The molecule has 1 heterocycles. The highest BCUT2D eigenvalue weighted by Crippen LogP contribution is 2.25. The van der Waals surface area contributed by atoms with Crippen LogP contribution in [0, 0.1) is 5.82 Å². The molecule has 0 aromatic heterocycles. The van der Waals surface area contributed by atoms with Crippen LogP contribution in [0.3, 0.4) is 0 Å². The number of halogens is 2. The molecule has 0 amide bonds. The van der Waals surface area contributed by atoms with Gasteiger partial charge >= 0.3 is 0 Å². The number of hydrogen-bond acceptors (Lipinski definition) is 3. The van der Waals surface area contributed by atoms with Crippen LogP contribution in [0.4, 0.5) is 4.39 Å². The summed E-state index contributed by atoms with van der Waals surface area (Å²) in [6.45, 7) is 3.30. The molecule has 2 unspecified atom stereocenters. The van der Waals surface area contributed by atoms with Gasteiger partial charge in [-0.3, -0.25) is 0 Å². The molecule has 5 heteroatoms. The van der Waals surface area contributed by atoms with E-state index in [1.165, 1.54) is 12.1 Å². The molecule has 0 spiro atoms. The Morgan fingerprint density at radius 1 is 1.61 bits per heavy atom.